The van der Waals surface area contributed by atoms with Gasteiger partial charge in [0, 0.05) is 12.2 Å². The van der Waals surface area contributed by atoms with Crippen molar-refractivity contribution in [2.24, 2.45) is 0 Å². The van der Waals surface area contributed by atoms with Crippen molar-refractivity contribution in [3.63, 3.8) is 0 Å². The topological polar surface area (TPSA) is 103 Å². The lowest BCUT2D eigenvalue weighted by Crippen LogP contribution is -2.41. The fourth-order valence-corrected chi connectivity index (χ4v) is 4.71. The monoisotopic (exact) mass is 291 g/mol. The van der Waals surface area contributed by atoms with E-state index in [0.29, 0.717) is 12.2 Å². The van der Waals surface area contributed by atoms with E-state index in [9.17, 15) is 13.2 Å². The SMILES string of the molecule is CCc1ncc(S(=O)(=O)N2CSC[C@@H]2C(=O)O)[nH]1. The maximum absolute atomic E-state index is 12.3. The summed E-state index contributed by atoms with van der Waals surface area (Å²) in [7, 11) is -3.81. The fourth-order valence-electron chi connectivity index (χ4n) is 1.64. The number of rotatable bonds is 4. The molecule has 18 heavy (non-hydrogen) atoms. The van der Waals surface area contributed by atoms with Crippen molar-refractivity contribution in [1.82, 2.24) is 14.3 Å². The molecule has 0 spiro atoms. The van der Waals surface area contributed by atoms with Crippen LogP contribution in [0.3, 0.4) is 0 Å². The molecule has 0 amide bonds. The Bertz CT molecular complexity index is 554. The number of carboxylic acids is 1. The molecule has 100 valence electrons. The van der Waals surface area contributed by atoms with E-state index in [2.05, 4.69) is 9.97 Å². The van der Waals surface area contributed by atoms with Gasteiger partial charge in [0.25, 0.3) is 10.0 Å². The third kappa shape index (κ3) is 2.25. The highest BCUT2D eigenvalue weighted by molar-refractivity contribution is 8.00. The minimum Gasteiger partial charge on any atom is -0.480 e. The van der Waals surface area contributed by atoms with Crippen LogP contribution < -0.4 is 0 Å². The zero-order valence-corrected chi connectivity index (χ0v) is 11.3. The molecule has 9 heteroatoms. The van der Waals surface area contributed by atoms with Crippen LogP contribution in [0, 0.1) is 0 Å². The summed E-state index contributed by atoms with van der Waals surface area (Å²) in [5.74, 6) is -0.144. The fraction of sp³-hybridized carbons (Fsp3) is 0.556. The maximum Gasteiger partial charge on any atom is 0.322 e. The van der Waals surface area contributed by atoms with Crippen molar-refractivity contribution in [2.75, 3.05) is 11.6 Å². The lowest BCUT2D eigenvalue weighted by atomic mass is 10.4. The third-order valence-corrected chi connectivity index (χ3v) is 5.59. The Labute approximate surface area is 109 Å². The van der Waals surface area contributed by atoms with Crippen LogP contribution >= 0.6 is 11.8 Å². The standard InChI is InChI=1S/C9H13N3O4S2/c1-2-7-10-3-8(11-7)18(15,16)12-5-17-4-6(12)9(13)14/h3,6H,2,4-5H2,1H3,(H,10,11)(H,13,14)/t6-/m1/s1. The Kier molecular flexibility index (Phi) is 3.64. The second kappa shape index (κ2) is 4.90. The van der Waals surface area contributed by atoms with Gasteiger partial charge in [-0.15, -0.1) is 11.8 Å². The number of hydrogen-bond acceptors (Lipinski definition) is 5. The quantitative estimate of drug-likeness (QED) is 0.816. The number of imidazole rings is 1. The van der Waals surface area contributed by atoms with Crippen LogP contribution in [-0.4, -0.2) is 51.4 Å². The molecule has 7 nitrogen and oxygen atoms in total. The molecule has 0 aromatic carbocycles. The highest BCUT2D eigenvalue weighted by Crippen LogP contribution is 2.27. The van der Waals surface area contributed by atoms with Crippen LogP contribution in [0.25, 0.3) is 0 Å². The second-order valence-corrected chi connectivity index (χ2v) is 6.65. The van der Waals surface area contributed by atoms with Gasteiger partial charge in [0.1, 0.15) is 11.9 Å². The molecule has 2 heterocycles. The summed E-state index contributed by atoms with van der Waals surface area (Å²) in [5.41, 5.74) is 0. The highest BCUT2D eigenvalue weighted by Gasteiger charge is 2.40. The van der Waals surface area contributed by atoms with Crippen molar-refractivity contribution in [2.45, 2.75) is 24.4 Å². The van der Waals surface area contributed by atoms with E-state index in [0.717, 1.165) is 4.31 Å². The Balaban J connectivity index is 2.33. The Morgan fingerprint density at radius 3 is 3.00 bits per heavy atom. The van der Waals surface area contributed by atoms with Crippen LogP contribution in [0.15, 0.2) is 11.2 Å². The van der Waals surface area contributed by atoms with E-state index in [1.165, 1.54) is 18.0 Å². The average Bonchev–Trinajstić information content (AvgIpc) is 2.98. The van der Waals surface area contributed by atoms with Gasteiger partial charge in [0.2, 0.25) is 0 Å². The molecule has 1 aliphatic heterocycles. The lowest BCUT2D eigenvalue weighted by Gasteiger charge is -2.18. The maximum atomic E-state index is 12.3. The van der Waals surface area contributed by atoms with E-state index in [1.807, 2.05) is 6.92 Å². The number of aryl methyl sites for hydroxylation is 1. The number of aromatic amines is 1. The molecule has 0 aliphatic carbocycles. The lowest BCUT2D eigenvalue weighted by molar-refractivity contribution is -0.140. The first-order valence-electron chi connectivity index (χ1n) is 5.33. The molecule has 0 saturated carbocycles. The molecule has 0 radical (unpaired) electrons. The minimum atomic E-state index is -3.81. The number of thioether (sulfide) groups is 1. The van der Waals surface area contributed by atoms with Gasteiger partial charge in [0.05, 0.1) is 12.1 Å². The predicted octanol–water partition coefficient (Wildman–Crippen LogP) is 0.120. The number of H-pyrrole nitrogens is 1. The van der Waals surface area contributed by atoms with Gasteiger partial charge < -0.3 is 10.1 Å². The summed E-state index contributed by atoms with van der Waals surface area (Å²) < 4.78 is 25.5. The van der Waals surface area contributed by atoms with Crippen LogP contribution in [0.2, 0.25) is 0 Å². The Hall–Kier alpha value is -1.06. The van der Waals surface area contributed by atoms with Crippen LogP contribution in [0.1, 0.15) is 12.7 Å². The number of nitrogens with one attached hydrogen (secondary N) is 1. The van der Waals surface area contributed by atoms with E-state index >= 15 is 0 Å². The number of carbonyl (C=O) groups is 1. The third-order valence-electron chi connectivity index (χ3n) is 2.65. The van der Waals surface area contributed by atoms with Crippen LogP contribution in [-0.2, 0) is 21.2 Å². The highest BCUT2D eigenvalue weighted by atomic mass is 32.2. The number of hydrogen-bond donors (Lipinski definition) is 2. The van der Waals surface area contributed by atoms with E-state index in [-0.39, 0.29) is 16.7 Å². The van der Waals surface area contributed by atoms with Crippen molar-refractivity contribution in [3.8, 4) is 0 Å². The molecule has 1 fully saturated rings. The van der Waals surface area contributed by atoms with Crippen molar-refractivity contribution >= 4 is 27.8 Å². The van der Waals surface area contributed by atoms with Gasteiger partial charge in [-0.25, -0.2) is 13.4 Å². The summed E-state index contributed by atoms with van der Waals surface area (Å²) in [6.45, 7) is 1.85. The molecule has 1 saturated heterocycles. The summed E-state index contributed by atoms with van der Waals surface area (Å²) in [6, 6.07) is -1.01. The Morgan fingerprint density at radius 1 is 1.72 bits per heavy atom. The van der Waals surface area contributed by atoms with Gasteiger partial charge in [0.15, 0.2) is 5.03 Å². The van der Waals surface area contributed by atoms with Gasteiger partial charge in [-0.2, -0.15) is 4.31 Å². The molecule has 0 bridgehead atoms. The van der Waals surface area contributed by atoms with Crippen LogP contribution in [0.5, 0.6) is 0 Å². The molecular formula is C9H13N3O4S2. The molecule has 2 rings (SSSR count). The van der Waals surface area contributed by atoms with Gasteiger partial charge in [-0.1, -0.05) is 6.92 Å². The smallest absolute Gasteiger partial charge is 0.322 e. The van der Waals surface area contributed by atoms with E-state index < -0.39 is 22.0 Å². The predicted molar refractivity (Wildman–Crippen MR) is 65.7 cm³/mol. The molecule has 1 aromatic rings. The normalized spacial score (nSPS) is 21.3. The van der Waals surface area contributed by atoms with Crippen LogP contribution in [0.4, 0.5) is 0 Å². The second-order valence-electron chi connectivity index (χ2n) is 3.79. The Morgan fingerprint density at radius 2 is 2.44 bits per heavy atom. The summed E-state index contributed by atoms with van der Waals surface area (Å²) in [4.78, 5) is 17.6. The number of carboxylic acid groups (broad SMARTS) is 1. The van der Waals surface area contributed by atoms with Crippen molar-refractivity contribution in [1.29, 1.82) is 0 Å². The molecule has 1 aliphatic rings. The van der Waals surface area contributed by atoms with E-state index in [4.69, 9.17) is 5.11 Å². The van der Waals surface area contributed by atoms with Gasteiger partial charge >= 0.3 is 5.97 Å². The first kappa shape index (κ1) is 13.4. The zero-order chi connectivity index (χ0) is 13.3. The molecular weight excluding hydrogens is 278 g/mol. The van der Waals surface area contributed by atoms with Crippen molar-refractivity contribution in [3.05, 3.63) is 12.0 Å². The van der Waals surface area contributed by atoms with Gasteiger partial charge in [-0.3, -0.25) is 4.79 Å². The molecule has 1 aromatic heterocycles. The summed E-state index contributed by atoms with van der Waals surface area (Å²) in [5, 5.41) is 8.95. The number of sulfonamides is 1. The zero-order valence-electron chi connectivity index (χ0n) is 9.66. The first-order chi connectivity index (χ1) is 8.46. The number of nitrogens with zero attached hydrogens (tertiary/aromatic N) is 2. The van der Waals surface area contributed by atoms with Gasteiger partial charge in [-0.05, 0) is 0 Å². The molecule has 2 N–H and O–H groups in total. The van der Waals surface area contributed by atoms with Crippen molar-refractivity contribution < 1.29 is 18.3 Å². The molecule has 0 unspecified atom stereocenters. The minimum absolute atomic E-state index is 0.0481. The molecule has 1 atom stereocenters. The summed E-state index contributed by atoms with van der Waals surface area (Å²) in [6.07, 6.45) is 1.82. The summed E-state index contributed by atoms with van der Waals surface area (Å²) >= 11 is 1.28. The average molecular weight is 291 g/mol. The first-order valence-corrected chi connectivity index (χ1v) is 7.92. The number of aromatic nitrogens is 2. The number of aliphatic carboxylic acids is 1. The largest absolute Gasteiger partial charge is 0.480 e. The van der Waals surface area contributed by atoms with E-state index in [1.54, 1.807) is 0 Å².